The highest BCUT2D eigenvalue weighted by atomic mass is 35.5. The van der Waals surface area contributed by atoms with Crippen LogP contribution in [0.1, 0.15) is 16.8 Å². The fraction of sp³-hybridized carbons (Fsp3) is 0.188. The Morgan fingerprint density at radius 2 is 2.11 bits per heavy atom. The van der Waals surface area contributed by atoms with Crippen LogP contribution < -0.4 is 0 Å². The first-order valence-corrected chi connectivity index (χ1v) is 6.31. The monoisotopic (exact) mass is 272 g/mol. The van der Waals surface area contributed by atoms with E-state index < -0.39 is 0 Å². The van der Waals surface area contributed by atoms with E-state index in [9.17, 15) is 4.79 Å². The summed E-state index contributed by atoms with van der Waals surface area (Å²) >= 11 is 6.02. The Labute approximate surface area is 117 Å². The molecule has 0 bridgehead atoms. The molecule has 2 rings (SSSR count). The Kier molecular flexibility index (Phi) is 4.43. The van der Waals surface area contributed by atoms with Gasteiger partial charge in [0.05, 0.1) is 12.1 Å². The van der Waals surface area contributed by atoms with Gasteiger partial charge in [-0.3, -0.25) is 4.79 Å². The van der Waals surface area contributed by atoms with E-state index >= 15 is 0 Å². The van der Waals surface area contributed by atoms with Gasteiger partial charge in [0.1, 0.15) is 5.76 Å². The van der Waals surface area contributed by atoms with Gasteiger partial charge in [0.2, 0.25) is 5.78 Å². The lowest BCUT2D eigenvalue weighted by molar-refractivity contribution is 0.105. The number of allylic oxidation sites excluding steroid dienone is 3. The minimum atomic E-state index is -0.174. The van der Waals surface area contributed by atoms with Gasteiger partial charge in [-0.2, -0.15) is 0 Å². The molecule has 96 valence electrons. The van der Waals surface area contributed by atoms with Crippen molar-refractivity contribution in [2.45, 2.75) is 6.42 Å². The molecule has 1 aliphatic carbocycles. The molecule has 19 heavy (non-hydrogen) atoms. The SMILES string of the molecule is COC1=CCC(C#CC(=O)c2ccccc2)C=C1Cl. The zero-order valence-electron chi connectivity index (χ0n) is 10.5. The molecule has 1 aromatic carbocycles. The van der Waals surface area contributed by atoms with Crippen LogP contribution in [0.5, 0.6) is 0 Å². The van der Waals surface area contributed by atoms with Crippen molar-refractivity contribution in [2.24, 2.45) is 5.92 Å². The standard InChI is InChI=1S/C16H13ClO2/c1-19-16-10-8-12(11-14(16)17)7-9-15(18)13-5-3-2-4-6-13/h2-6,10-12H,8H2,1H3. The summed E-state index contributed by atoms with van der Waals surface area (Å²) in [5.74, 6) is 6.04. The average molecular weight is 273 g/mol. The number of carbonyl (C=O) groups excluding carboxylic acids is 1. The average Bonchev–Trinajstić information content (AvgIpc) is 2.46. The van der Waals surface area contributed by atoms with Crippen LogP contribution in [0.25, 0.3) is 0 Å². The number of ketones is 1. The number of benzene rings is 1. The quantitative estimate of drug-likeness (QED) is 0.468. The summed E-state index contributed by atoms with van der Waals surface area (Å²) in [6.07, 6.45) is 4.40. The first-order chi connectivity index (χ1) is 9.20. The van der Waals surface area contributed by atoms with E-state index in [0.717, 1.165) is 0 Å². The molecule has 0 radical (unpaired) electrons. The molecular formula is C16H13ClO2. The molecule has 0 heterocycles. The highest BCUT2D eigenvalue weighted by Gasteiger charge is 2.13. The molecule has 1 aromatic rings. The summed E-state index contributed by atoms with van der Waals surface area (Å²) in [7, 11) is 1.58. The molecule has 0 saturated heterocycles. The van der Waals surface area contributed by atoms with E-state index in [-0.39, 0.29) is 11.7 Å². The minimum absolute atomic E-state index is 0.0425. The third-order valence-corrected chi connectivity index (χ3v) is 3.08. The summed E-state index contributed by atoms with van der Waals surface area (Å²) in [4.78, 5) is 11.8. The third kappa shape index (κ3) is 3.49. The lowest BCUT2D eigenvalue weighted by Gasteiger charge is -2.13. The van der Waals surface area contributed by atoms with Gasteiger partial charge in [-0.15, -0.1) is 0 Å². The lowest BCUT2D eigenvalue weighted by atomic mass is 10.00. The molecule has 0 aliphatic heterocycles. The van der Waals surface area contributed by atoms with Crippen molar-refractivity contribution in [3.63, 3.8) is 0 Å². The second-order valence-corrected chi connectivity index (χ2v) is 4.50. The maximum Gasteiger partial charge on any atom is 0.235 e. The predicted octanol–water partition coefficient (Wildman–Crippen LogP) is 3.55. The second kappa shape index (κ2) is 6.26. The van der Waals surface area contributed by atoms with E-state index in [1.54, 1.807) is 19.2 Å². The van der Waals surface area contributed by atoms with Crippen molar-refractivity contribution in [3.8, 4) is 11.8 Å². The van der Waals surface area contributed by atoms with Crippen molar-refractivity contribution in [2.75, 3.05) is 7.11 Å². The number of hydrogen-bond acceptors (Lipinski definition) is 2. The van der Waals surface area contributed by atoms with Gasteiger partial charge in [0.15, 0.2) is 0 Å². The summed E-state index contributed by atoms with van der Waals surface area (Å²) in [6, 6.07) is 9.01. The number of Topliss-reactive ketones (excluding diaryl/α,β-unsaturated/α-hetero) is 1. The van der Waals surface area contributed by atoms with Gasteiger partial charge in [-0.05, 0) is 24.5 Å². The zero-order chi connectivity index (χ0) is 13.7. The summed E-state index contributed by atoms with van der Waals surface area (Å²) in [5.41, 5.74) is 0.606. The molecule has 0 N–H and O–H groups in total. The van der Waals surface area contributed by atoms with E-state index in [0.29, 0.717) is 22.8 Å². The Morgan fingerprint density at radius 3 is 2.74 bits per heavy atom. The number of halogens is 1. The number of hydrogen-bond donors (Lipinski definition) is 0. The Balaban J connectivity index is 2.07. The van der Waals surface area contributed by atoms with E-state index in [1.807, 2.05) is 30.4 Å². The molecule has 0 aromatic heterocycles. The van der Waals surface area contributed by atoms with Gasteiger partial charge < -0.3 is 4.74 Å². The number of methoxy groups -OCH3 is 1. The van der Waals surface area contributed by atoms with Crippen LogP contribution in [-0.2, 0) is 4.74 Å². The van der Waals surface area contributed by atoms with Crippen molar-refractivity contribution in [1.82, 2.24) is 0 Å². The topological polar surface area (TPSA) is 26.3 Å². The second-order valence-electron chi connectivity index (χ2n) is 4.09. The zero-order valence-corrected chi connectivity index (χ0v) is 11.3. The maximum atomic E-state index is 11.8. The third-order valence-electron chi connectivity index (χ3n) is 2.77. The van der Waals surface area contributed by atoms with Crippen LogP contribution in [0.15, 0.2) is 53.3 Å². The molecule has 0 spiro atoms. The van der Waals surface area contributed by atoms with E-state index in [1.165, 1.54) is 0 Å². The molecule has 0 fully saturated rings. The number of carbonyl (C=O) groups is 1. The van der Waals surface area contributed by atoms with Crippen LogP contribution in [0.4, 0.5) is 0 Å². The van der Waals surface area contributed by atoms with Gasteiger partial charge >= 0.3 is 0 Å². The van der Waals surface area contributed by atoms with Gasteiger partial charge in [0.25, 0.3) is 0 Å². The summed E-state index contributed by atoms with van der Waals surface area (Å²) in [5, 5.41) is 0.542. The Hall–Kier alpha value is -1.98. The molecule has 1 aliphatic rings. The van der Waals surface area contributed by atoms with Crippen molar-refractivity contribution in [1.29, 1.82) is 0 Å². The smallest absolute Gasteiger partial charge is 0.235 e. The van der Waals surface area contributed by atoms with Gasteiger partial charge in [-0.1, -0.05) is 47.9 Å². The first-order valence-electron chi connectivity index (χ1n) is 5.93. The number of ether oxygens (including phenoxy) is 1. The number of rotatable bonds is 2. The minimum Gasteiger partial charge on any atom is -0.496 e. The van der Waals surface area contributed by atoms with E-state index in [4.69, 9.17) is 16.3 Å². The van der Waals surface area contributed by atoms with Crippen molar-refractivity contribution in [3.05, 3.63) is 58.8 Å². The Bertz CT molecular complexity index is 588. The molecular weight excluding hydrogens is 260 g/mol. The fourth-order valence-electron chi connectivity index (χ4n) is 1.76. The molecule has 0 amide bonds. The fourth-order valence-corrected chi connectivity index (χ4v) is 2.07. The molecule has 2 nitrogen and oxygen atoms in total. The van der Waals surface area contributed by atoms with Crippen molar-refractivity contribution < 1.29 is 9.53 Å². The van der Waals surface area contributed by atoms with Crippen molar-refractivity contribution >= 4 is 17.4 Å². The van der Waals surface area contributed by atoms with Crippen LogP contribution in [0, 0.1) is 17.8 Å². The van der Waals surface area contributed by atoms with Crippen LogP contribution in [-0.4, -0.2) is 12.9 Å². The largest absolute Gasteiger partial charge is 0.496 e. The lowest BCUT2D eigenvalue weighted by Crippen LogP contribution is -2.02. The van der Waals surface area contributed by atoms with Crippen LogP contribution in [0.3, 0.4) is 0 Å². The summed E-state index contributed by atoms with van der Waals surface area (Å²) in [6.45, 7) is 0. The molecule has 3 heteroatoms. The molecule has 1 unspecified atom stereocenters. The van der Waals surface area contributed by atoms with Crippen LogP contribution in [0.2, 0.25) is 0 Å². The predicted molar refractivity (Wildman–Crippen MR) is 75.7 cm³/mol. The van der Waals surface area contributed by atoms with Gasteiger partial charge in [0, 0.05) is 11.5 Å². The maximum absolute atomic E-state index is 11.8. The first kappa shape index (κ1) is 13.5. The van der Waals surface area contributed by atoms with Gasteiger partial charge in [-0.25, -0.2) is 0 Å². The Morgan fingerprint density at radius 1 is 1.37 bits per heavy atom. The molecule has 1 atom stereocenters. The van der Waals surface area contributed by atoms with Crippen LogP contribution >= 0.6 is 11.6 Å². The summed E-state index contributed by atoms with van der Waals surface area (Å²) < 4.78 is 5.09. The normalized spacial score (nSPS) is 17.7. The van der Waals surface area contributed by atoms with E-state index in [2.05, 4.69) is 11.8 Å². The highest BCUT2D eigenvalue weighted by molar-refractivity contribution is 6.31. The molecule has 0 saturated carbocycles. The highest BCUT2D eigenvalue weighted by Crippen LogP contribution is 2.25.